The molecule has 0 aliphatic heterocycles. The summed E-state index contributed by atoms with van der Waals surface area (Å²) in [6.45, 7) is 3.25. The second kappa shape index (κ2) is 8.29. The Labute approximate surface area is 152 Å². The molecule has 2 aromatic rings. The highest BCUT2D eigenvalue weighted by Gasteiger charge is 2.13. The number of nitrogens with one attached hydrogen (secondary N) is 1. The zero-order valence-electron chi connectivity index (χ0n) is 15.3. The van der Waals surface area contributed by atoms with Crippen molar-refractivity contribution in [1.29, 1.82) is 0 Å². The summed E-state index contributed by atoms with van der Waals surface area (Å²) >= 11 is 0. The standard InChI is InChI=1S/C20H22N2O4/c1-13-5-8-16(20(25)22(3)4)12-18(13)26-19(24)11-15-6-9-17(10-7-15)21-14(2)23/h5-10,12H,11H2,1-4H3,(H,21,23). The summed E-state index contributed by atoms with van der Waals surface area (Å²) in [6, 6.07) is 12.0. The van der Waals surface area contributed by atoms with Gasteiger partial charge in [0.05, 0.1) is 6.42 Å². The van der Waals surface area contributed by atoms with Crippen molar-refractivity contribution in [3.8, 4) is 5.75 Å². The molecule has 6 nitrogen and oxygen atoms in total. The number of amides is 2. The predicted molar refractivity (Wildman–Crippen MR) is 99.3 cm³/mol. The summed E-state index contributed by atoms with van der Waals surface area (Å²) in [5, 5.41) is 2.67. The Morgan fingerprint density at radius 2 is 1.69 bits per heavy atom. The van der Waals surface area contributed by atoms with Crippen LogP contribution in [0.2, 0.25) is 0 Å². The molecule has 2 rings (SSSR count). The summed E-state index contributed by atoms with van der Waals surface area (Å²) in [7, 11) is 3.33. The Bertz CT molecular complexity index is 826. The van der Waals surface area contributed by atoms with E-state index in [1.54, 1.807) is 56.6 Å². The Morgan fingerprint density at radius 3 is 2.27 bits per heavy atom. The Balaban J connectivity index is 2.06. The maximum Gasteiger partial charge on any atom is 0.315 e. The van der Waals surface area contributed by atoms with Crippen LogP contribution < -0.4 is 10.1 Å². The first-order valence-corrected chi connectivity index (χ1v) is 8.16. The van der Waals surface area contributed by atoms with Gasteiger partial charge in [-0.1, -0.05) is 18.2 Å². The van der Waals surface area contributed by atoms with E-state index in [2.05, 4.69) is 5.32 Å². The van der Waals surface area contributed by atoms with Gasteiger partial charge in [-0.05, 0) is 42.3 Å². The molecule has 0 aromatic heterocycles. The number of carbonyl (C=O) groups excluding carboxylic acids is 3. The fourth-order valence-corrected chi connectivity index (χ4v) is 2.34. The summed E-state index contributed by atoms with van der Waals surface area (Å²) < 4.78 is 5.44. The van der Waals surface area contributed by atoms with Crippen LogP contribution in [-0.4, -0.2) is 36.8 Å². The molecule has 0 bridgehead atoms. The molecular formula is C20H22N2O4. The molecule has 136 valence electrons. The molecule has 0 atom stereocenters. The molecule has 6 heteroatoms. The van der Waals surface area contributed by atoms with Gasteiger partial charge in [-0.3, -0.25) is 14.4 Å². The summed E-state index contributed by atoms with van der Waals surface area (Å²) in [6.07, 6.45) is 0.0889. The van der Waals surface area contributed by atoms with Crippen molar-refractivity contribution >= 4 is 23.5 Å². The quantitative estimate of drug-likeness (QED) is 0.662. The van der Waals surface area contributed by atoms with Gasteiger partial charge < -0.3 is 15.0 Å². The Hall–Kier alpha value is -3.15. The zero-order valence-corrected chi connectivity index (χ0v) is 15.3. The lowest BCUT2D eigenvalue weighted by Crippen LogP contribution is -2.22. The van der Waals surface area contributed by atoms with Crippen LogP contribution in [0.4, 0.5) is 5.69 Å². The number of nitrogens with zero attached hydrogens (tertiary/aromatic N) is 1. The largest absolute Gasteiger partial charge is 0.426 e. The van der Waals surface area contributed by atoms with Gasteiger partial charge in [0, 0.05) is 32.3 Å². The van der Waals surface area contributed by atoms with E-state index in [0.29, 0.717) is 17.0 Å². The van der Waals surface area contributed by atoms with Gasteiger partial charge in [-0.2, -0.15) is 0 Å². The van der Waals surface area contributed by atoms with Crippen LogP contribution in [0.3, 0.4) is 0 Å². The van der Waals surface area contributed by atoms with Gasteiger partial charge in [0.2, 0.25) is 5.91 Å². The third-order valence-corrected chi connectivity index (χ3v) is 3.69. The second-order valence-electron chi connectivity index (χ2n) is 6.21. The van der Waals surface area contributed by atoms with Crippen LogP contribution >= 0.6 is 0 Å². The van der Waals surface area contributed by atoms with Gasteiger partial charge in [-0.15, -0.1) is 0 Å². The van der Waals surface area contributed by atoms with E-state index in [1.807, 2.05) is 6.92 Å². The zero-order chi connectivity index (χ0) is 19.3. The van der Waals surface area contributed by atoms with Crippen molar-refractivity contribution in [2.24, 2.45) is 0 Å². The lowest BCUT2D eigenvalue weighted by Gasteiger charge is -2.13. The molecule has 0 radical (unpaired) electrons. The average Bonchev–Trinajstić information content (AvgIpc) is 2.57. The molecule has 0 unspecified atom stereocenters. The summed E-state index contributed by atoms with van der Waals surface area (Å²) in [5.41, 5.74) is 2.67. The number of esters is 1. The van der Waals surface area contributed by atoms with E-state index < -0.39 is 5.97 Å². The minimum atomic E-state index is -0.421. The molecule has 0 heterocycles. The molecule has 26 heavy (non-hydrogen) atoms. The number of hydrogen-bond acceptors (Lipinski definition) is 4. The smallest absolute Gasteiger partial charge is 0.315 e. The lowest BCUT2D eigenvalue weighted by molar-refractivity contribution is -0.133. The summed E-state index contributed by atoms with van der Waals surface area (Å²) in [4.78, 5) is 36.8. The van der Waals surface area contributed by atoms with Crippen LogP contribution in [0.15, 0.2) is 42.5 Å². The first-order chi connectivity index (χ1) is 12.3. The van der Waals surface area contributed by atoms with Crippen molar-refractivity contribution in [1.82, 2.24) is 4.90 Å². The van der Waals surface area contributed by atoms with E-state index in [9.17, 15) is 14.4 Å². The first-order valence-electron chi connectivity index (χ1n) is 8.16. The first kappa shape index (κ1) is 19.2. The molecule has 0 saturated heterocycles. The lowest BCUT2D eigenvalue weighted by atomic mass is 10.1. The number of anilines is 1. The van der Waals surface area contributed by atoms with E-state index in [0.717, 1.165) is 11.1 Å². The van der Waals surface area contributed by atoms with E-state index in [-0.39, 0.29) is 18.2 Å². The maximum absolute atomic E-state index is 12.2. The molecule has 0 aliphatic rings. The van der Waals surface area contributed by atoms with Crippen molar-refractivity contribution in [2.75, 3.05) is 19.4 Å². The number of aryl methyl sites for hydroxylation is 1. The van der Waals surface area contributed by atoms with Gasteiger partial charge in [0.1, 0.15) is 5.75 Å². The van der Waals surface area contributed by atoms with Crippen molar-refractivity contribution < 1.29 is 19.1 Å². The van der Waals surface area contributed by atoms with Gasteiger partial charge in [0.15, 0.2) is 0 Å². The van der Waals surface area contributed by atoms with Crippen LogP contribution in [0.1, 0.15) is 28.4 Å². The number of ether oxygens (including phenoxy) is 1. The molecule has 0 aliphatic carbocycles. The third kappa shape index (κ3) is 5.17. The number of carbonyl (C=O) groups is 3. The number of hydrogen-bond donors (Lipinski definition) is 1. The molecular weight excluding hydrogens is 332 g/mol. The predicted octanol–water partition coefficient (Wildman–Crippen LogP) is 2.80. The normalized spacial score (nSPS) is 10.2. The fraction of sp³-hybridized carbons (Fsp3) is 0.250. The van der Waals surface area contributed by atoms with E-state index in [1.165, 1.54) is 11.8 Å². The van der Waals surface area contributed by atoms with Crippen molar-refractivity contribution in [3.63, 3.8) is 0 Å². The van der Waals surface area contributed by atoms with Crippen LogP contribution in [0, 0.1) is 6.92 Å². The highest BCUT2D eigenvalue weighted by molar-refractivity contribution is 5.94. The van der Waals surface area contributed by atoms with Gasteiger partial charge >= 0.3 is 5.97 Å². The van der Waals surface area contributed by atoms with Crippen LogP contribution in [-0.2, 0) is 16.0 Å². The average molecular weight is 354 g/mol. The van der Waals surface area contributed by atoms with E-state index in [4.69, 9.17) is 4.74 Å². The monoisotopic (exact) mass is 354 g/mol. The molecule has 2 amide bonds. The highest BCUT2D eigenvalue weighted by atomic mass is 16.5. The minimum Gasteiger partial charge on any atom is -0.426 e. The van der Waals surface area contributed by atoms with Gasteiger partial charge in [0.25, 0.3) is 5.91 Å². The number of rotatable bonds is 5. The molecule has 2 aromatic carbocycles. The maximum atomic E-state index is 12.2. The Kier molecular flexibility index (Phi) is 6.11. The molecule has 0 spiro atoms. The van der Waals surface area contributed by atoms with Crippen LogP contribution in [0.25, 0.3) is 0 Å². The van der Waals surface area contributed by atoms with Crippen LogP contribution in [0.5, 0.6) is 5.75 Å². The summed E-state index contributed by atoms with van der Waals surface area (Å²) in [5.74, 6) is -0.358. The molecule has 0 fully saturated rings. The fourth-order valence-electron chi connectivity index (χ4n) is 2.34. The van der Waals surface area contributed by atoms with Crippen molar-refractivity contribution in [2.45, 2.75) is 20.3 Å². The van der Waals surface area contributed by atoms with Gasteiger partial charge in [-0.25, -0.2) is 0 Å². The minimum absolute atomic E-state index is 0.0889. The molecule has 0 saturated carbocycles. The SMILES string of the molecule is CC(=O)Nc1ccc(CC(=O)Oc2cc(C(=O)N(C)C)ccc2C)cc1. The third-order valence-electron chi connectivity index (χ3n) is 3.69. The van der Waals surface area contributed by atoms with E-state index >= 15 is 0 Å². The van der Waals surface area contributed by atoms with Crippen molar-refractivity contribution in [3.05, 3.63) is 59.2 Å². The highest BCUT2D eigenvalue weighted by Crippen LogP contribution is 2.21. The topological polar surface area (TPSA) is 75.7 Å². The Morgan fingerprint density at radius 1 is 1.04 bits per heavy atom. The molecule has 1 N–H and O–H groups in total. The number of benzene rings is 2. The second-order valence-corrected chi connectivity index (χ2v) is 6.21.